The molecule has 1 nitrogen and oxygen atoms in total. The minimum atomic E-state index is 1.17. The van der Waals surface area contributed by atoms with Gasteiger partial charge in [0.05, 0.1) is 0 Å². The van der Waals surface area contributed by atoms with Crippen molar-refractivity contribution in [1.29, 1.82) is 0 Å². The van der Waals surface area contributed by atoms with Crippen molar-refractivity contribution >= 4 is 10.8 Å². The fraction of sp³-hybridized carbons (Fsp3) is 0. The highest BCUT2D eigenvalue weighted by Crippen LogP contribution is 2.23. The molecular weight excluding hydrogens is 194 g/mol. The first-order valence-corrected chi connectivity index (χ1v) is 5.24. The van der Waals surface area contributed by atoms with Crippen LogP contribution in [0.1, 0.15) is 0 Å². The van der Waals surface area contributed by atoms with Crippen molar-refractivity contribution < 1.29 is 0 Å². The number of hydrogen-bond donors (Lipinski definition) is 0. The van der Waals surface area contributed by atoms with Crippen LogP contribution in [-0.2, 0) is 0 Å². The summed E-state index contributed by atoms with van der Waals surface area (Å²) in [5.41, 5.74) is 2.45. The fourth-order valence-corrected chi connectivity index (χ4v) is 1.84. The Morgan fingerprint density at radius 3 is 2.56 bits per heavy atom. The lowest BCUT2D eigenvalue weighted by Gasteiger charge is -2.03. The molecule has 0 atom stereocenters. The van der Waals surface area contributed by atoms with Crippen molar-refractivity contribution in [3.63, 3.8) is 0 Å². The lowest BCUT2D eigenvalue weighted by atomic mass is 10.0. The van der Waals surface area contributed by atoms with Gasteiger partial charge in [-0.3, -0.25) is 4.98 Å². The summed E-state index contributed by atoms with van der Waals surface area (Å²) in [6.07, 6.45) is 3.71. The minimum Gasteiger partial charge on any atom is -0.264 e. The maximum Gasteiger partial charge on any atom is 0.0346 e. The standard InChI is InChI=1S/C15H10N/c1-2-4-12(5-3-1)13-6-7-15-11-16-9-8-14(15)10-13/h2-11H. The Balaban J connectivity index is 2.19. The Kier molecular flexibility index (Phi) is 2.15. The van der Waals surface area contributed by atoms with Gasteiger partial charge >= 0.3 is 0 Å². The van der Waals surface area contributed by atoms with Crippen LogP contribution < -0.4 is 0 Å². The monoisotopic (exact) mass is 204 g/mol. The van der Waals surface area contributed by atoms with Crippen LogP contribution in [0.25, 0.3) is 21.9 Å². The molecule has 3 aromatic rings. The van der Waals surface area contributed by atoms with Gasteiger partial charge in [-0.25, -0.2) is 0 Å². The molecule has 75 valence electrons. The first-order chi connectivity index (χ1) is 7.93. The smallest absolute Gasteiger partial charge is 0.0346 e. The largest absolute Gasteiger partial charge is 0.264 e. The van der Waals surface area contributed by atoms with Crippen LogP contribution in [0.5, 0.6) is 0 Å². The van der Waals surface area contributed by atoms with Gasteiger partial charge in [0.15, 0.2) is 0 Å². The molecule has 0 saturated heterocycles. The van der Waals surface area contributed by atoms with E-state index in [1.165, 1.54) is 21.9 Å². The van der Waals surface area contributed by atoms with Crippen molar-refractivity contribution in [2.45, 2.75) is 0 Å². The predicted octanol–water partition coefficient (Wildman–Crippen LogP) is 3.70. The average molecular weight is 204 g/mol. The Labute approximate surface area is 94.4 Å². The third kappa shape index (κ3) is 1.57. The summed E-state index contributed by atoms with van der Waals surface area (Å²) in [7, 11) is 0. The molecule has 0 spiro atoms. The number of benzene rings is 2. The maximum absolute atomic E-state index is 4.11. The topological polar surface area (TPSA) is 12.9 Å². The van der Waals surface area contributed by atoms with E-state index in [2.05, 4.69) is 41.4 Å². The van der Waals surface area contributed by atoms with E-state index in [0.29, 0.717) is 0 Å². The highest BCUT2D eigenvalue weighted by atomic mass is 14.6. The van der Waals surface area contributed by atoms with E-state index in [1.54, 1.807) is 0 Å². The van der Waals surface area contributed by atoms with Gasteiger partial charge in [-0.15, -0.1) is 0 Å². The van der Waals surface area contributed by atoms with Crippen LogP contribution in [0.2, 0.25) is 0 Å². The van der Waals surface area contributed by atoms with Crippen molar-refractivity contribution in [2.75, 3.05) is 0 Å². The van der Waals surface area contributed by atoms with Gasteiger partial charge in [0.2, 0.25) is 0 Å². The van der Waals surface area contributed by atoms with Gasteiger partial charge in [0.1, 0.15) is 0 Å². The molecule has 1 aromatic heterocycles. The fourth-order valence-electron chi connectivity index (χ4n) is 1.84. The molecule has 1 radical (unpaired) electrons. The van der Waals surface area contributed by atoms with E-state index in [0.717, 1.165) is 0 Å². The van der Waals surface area contributed by atoms with Gasteiger partial charge in [-0.1, -0.05) is 36.4 Å². The Morgan fingerprint density at radius 1 is 0.812 bits per heavy atom. The Morgan fingerprint density at radius 2 is 1.69 bits per heavy atom. The Hall–Kier alpha value is -2.15. The molecular formula is C15H10N. The molecule has 0 aliphatic rings. The van der Waals surface area contributed by atoms with Gasteiger partial charge in [0.25, 0.3) is 0 Å². The summed E-state index contributed by atoms with van der Waals surface area (Å²) >= 11 is 0. The number of rotatable bonds is 1. The van der Waals surface area contributed by atoms with E-state index in [4.69, 9.17) is 0 Å². The molecule has 0 amide bonds. The molecule has 0 saturated carbocycles. The van der Waals surface area contributed by atoms with Crippen molar-refractivity contribution in [3.8, 4) is 11.1 Å². The van der Waals surface area contributed by atoms with Crippen LogP contribution in [-0.4, -0.2) is 4.98 Å². The van der Waals surface area contributed by atoms with Gasteiger partial charge in [-0.05, 0) is 34.7 Å². The number of hydrogen-bond acceptors (Lipinski definition) is 1. The van der Waals surface area contributed by atoms with Gasteiger partial charge in [-0.2, -0.15) is 0 Å². The lowest BCUT2D eigenvalue weighted by Crippen LogP contribution is -1.79. The molecule has 0 unspecified atom stereocenters. The first-order valence-electron chi connectivity index (χ1n) is 5.24. The van der Waals surface area contributed by atoms with Crippen LogP contribution in [0.4, 0.5) is 0 Å². The molecule has 3 rings (SSSR count). The van der Waals surface area contributed by atoms with Crippen LogP contribution >= 0.6 is 0 Å². The van der Waals surface area contributed by atoms with Crippen molar-refractivity contribution in [1.82, 2.24) is 4.98 Å². The van der Waals surface area contributed by atoms with E-state index in [1.807, 2.05) is 30.6 Å². The molecule has 16 heavy (non-hydrogen) atoms. The molecule has 0 fully saturated rings. The number of aromatic nitrogens is 1. The quantitative estimate of drug-likeness (QED) is 0.589. The predicted molar refractivity (Wildman–Crippen MR) is 66.0 cm³/mol. The van der Waals surface area contributed by atoms with Gasteiger partial charge < -0.3 is 0 Å². The van der Waals surface area contributed by atoms with Crippen LogP contribution in [0, 0.1) is 6.07 Å². The second-order valence-corrected chi connectivity index (χ2v) is 3.73. The number of pyridine rings is 1. The number of fused-ring (bicyclic) bond motifs is 1. The average Bonchev–Trinajstić information content (AvgIpc) is 2.39. The molecule has 0 aliphatic carbocycles. The molecule has 1 heterocycles. The van der Waals surface area contributed by atoms with Crippen molar-refractivity contribution in [3.05, 3.63) is 67.0 Å². The molecule has 0 N–H and O–H groups in total. The second-order valence-electron chi connectivity index (χ2n) is 3.73. The zero-order chi connectivity index (χ0) is 10.8. The summed E-state index contributed by atoms with van der Waals surface area (Å²) in [6, 6.07) is 19.5. The summed E-state index contributed by atoms with van der Waals surface area (Å²) in [6.45, 7) is 0. The summed E-state index contributed by atoms with van der Waals surface area (Å²) in [5.74, 6) is 0. The van der Waals surface area contributed by atoms with Gasteiger partial charge in [0, 0.05) is 17.8 Å². The van der Waals surface area contributed by atoms with Crippen LogP contribution in [0.3, 0.4) is 0 Å². The van der Waals surface area contributed by atoms with E-state index in [9.17, 15) is 0 Å². The van der Waals surface area contributed by atoms with Crippen molar-refractivity contribution in [2.24, 2.45) is 0 Å². The van der Waals surface area contributed by atoms with E-state index < -0.39 is 0 Å². The first kappa shape index (κ1) is 9.10. The number of nitrogens with zero attached hydrogens (tertiary/aromatic N) is 1. The molecule has 1 heteroatoms. The maximum atomic E-state index is 4.11. The minimum absolute atomic E-state index is 1.17. The summed E-state index contributed by atoms with van der Waals surface area (Å²) < 4.78 is 0. The highest BCUT2D eigenvalue weighted by molar-refractivity contribution is 5.86. The summed E-state index contributed by atoms with van der Waals surface area (Å²) in [5, 5.41) is 2.40. The molecule has 0 aliphatic heterocycles. The third-order valence-electron chi connectivity index (χ3n) is 2.69. The highest BCUT2D eigenvalue weighted by Gasteiger charge is 1.98. The molecule has 2 aromatic carbocycles. The lowest BCUT2D eigenvalue weighted by molar-refractivity contribution is 1.36. The summed E-state index contributed by atoms with van der Waals surface area (Å²) in [4.78, 5) is 4.11. The second kappa shape index (κ2) is 3.78. The zero-order valence-electron chi connectivity index (χ0n) is 8.72. The third-order valence-corrected chi connectivity index (χ3v) is 2.69. The SMILES string of the molecule is [c]1ccc(-c2ccc3cnccc3c2)cc1. The Bertz CT molecular complexity index is 614. The zero-order valence-corrected chi connectivity index (χ0v) is 8.72. The van der Waals surface area contributed by atoms with Crippen LogP contribution in [0.15, 0.2) is 60.9 Å². The normalized spacial score (nSPS) is 10.5. The van der Waals surface area contributed by atoms with E-state index in [-0.39, 0.29) is 0 Å². The van der Waals surface area contributed by atoms with E-state index >= 15 is 0 Å². The molecule has 0 bridgehead atoms.